The van der Waals surface area contributed by atoms with Crippen LogP contribution in [0.5, 0.6) is 0 Å². The van der Waals surface area contributed by atoms with Crippen molar-refractivity contribution in [3.05, 3.63) is 35.4 Å². The highest BCUT2D eigenvalue weighted by molar-refractivity contribution is 5.87. The number of carboxylic acids is 1. The molecular weight excluding hydrogens is 200 g/mol. The highest BCUT2D eigenvalue weighted by Crippen LogP contribution is 2.32. The maximum absolute atomic E-state index is 10.9. The summed E-state index contributed by atoms with van der Waals surface area (Å²) in [5, 5.41) is 8.97. The summed E-state index contributed by atoms with van der Waals surface area (Å²) in [5.74, 6) is 0.598. The van der Waals surface area contributed by atoms with E-state index < -0.39 is 5.97 Å². The summed E-state index contributed by atoms with van der Waals surface area (Å²) in [4.78, 5) is 10.9. The molecule has 0 amide bonds. The lowest BCUT2D eigenvalue weighted by Crippen LogP contribution is -2.14. The third kappa shape index (κ3) is 2.84. The second-order valence-electron chi connectivity index (χ2n) is 4.94. The summed E-state index contributed by atoms with van der Waals surface area (Å²) >= 11 is 0. The molecule has 0 bridgehead atoms. The van der Waals surface area contributed by atoms with Gasteiger partial charge in [-0.2, -0.15) is 0 Å². The Bertz CT molecular complexity index is 359. The van der Waals surface area contributed by atoms with Crippen LogP contribution in [0.1, 0.15) is 49.5 Å². The summed E-state index contributed by atoms with van der Waals surface area (Å²) in [7, 11) is 0. The third-order valence-corrected chi connectivity index (χ3v) is 2.95. The average molecular weight is 220 g/mol. The summed E-state index contributed by atoms with van der Waals surface area (Å²) < 4.78 is 0. The first-order valence-electron chi connectivity index (χ1n) is 5.76. The van der Waals surface area contributed by atoms with Gasteiger partial charge in [0.1, 0.15) is 0 Å². The summed E-state index contributed by atoms with van der Waals surface area (Å²) in [6.07, 6.45) is 0. The fraction of sp³-hybridized carbons (Fsp3) is 0.500. The van der Waals surface area contributed by atoms with E-state index in [1.165, 1.54) is 0 Å². The van der Waals surface area contributed by atoms with Crippen LogP contribution < -0.4 is 0 Å². The monoisotopic (exact) mass is 220 g/mol. The number of hydrogen-bond donors (Lipinski definition) is 1. The summed E-state index contributed by atoms with van der Waals surface area (Å²) in [5.41, 5.74) is 1.51. The van der Waals surface area contributed by atoms with Crippen molar-refractivity contribution >= 4 is 5.97 Å². The molecule has 2 nitrogen and oxygen atoms in total. The van der Waals surface area contributed by atoms with Crippen LogP contribution in [0.25, 0.3) is 0 Å². The molecule has 1 aromatic carbocycles. The van der Waals surface area contributed by atoms with E-state index >= 15 is 0 Å². The maximum Gasteiger partial charge on any atom is 0.335 e. The van der Waals surface area contributed by atoms with Crippen LogP contribution in [0.3, 0.4) is 0 Å². The number of benzene rings is 1. The maximum atomic E-state index is 10.9. The van der Waals surface area contributed by atoms with Crippen molar-refractivity contribution in [2.45, 2.75) is 33.6 Å². The highest BCUT2D eigenvalue weighted by Gasteiger charge is 2.20. The van der Waals surface area contributed by atoms with Gasteiger partial charge in [0.2, 0.25) is 0 Å². The van der Waals surface area contributed by atoms with Crippen molar-refractivity contribution in [3.63, 3.8) is 0 Å². The lowest BCUT2D eigenvalue weighted by atomic mass is 9.80. The Balaban J connectivity index is 3.10. The van der Waals surface area contributed by atoms with E-state index in [2.05, 4.69) is 27.7 Å². The molecule has 0 unspecified atom stereocenters. The number of carbonyl (C=O) groups is 1. The largest absolute Gasteiger partial charge is 0.478 e. The predicted octanol–water partition coefficient (Wildman–Crippen LogP) is 3.78. The van der Waals surface area contributed by atoms with Gasteiger partial charge < -0.3 is 5.11 Å². The van der Waals surface area contributed by atoms with Crippen LogP contribution in [0.4, 0.5) is 0 Å². The minimum atomic E-state index is -0.854. The molecule has 0 aliphatic carbocycles. The van der Waals surface area contributed by atoms with E-state index in [0.29, 0.717) is 23.3 Å². The number of rotatable bonds is 4. The molecule has 0 saturated carbocycles. The Labute approximate surface area is 97.3 Å². The molecule has 0 spiro atoms. The molecule has 0 aliphatic rings. The first-order chi connectivity index (χ1) is 7.43. The third-order valence-electron chi connectivity index (χ3n) is 2.95. The number of hydrogen-bond acceptors (Lipinski definition) is 1. The van der Waals surface area contributed by atoms with Gasteiger partial charge in [0.25, 0.3) is 0 Å². The molecule has 16 heavy (non-hydrogen) atoms. The Hall–Kier alpha value is -1.31. The summed E-state index contributed by atoms with van der Waals surface area (Å²) in [6, 6.07) is 7.30. The highest BCUT2D eigenvalue weighted by atomic mass is 16.4. The minimum absolute atomic E-state index is 0.379. The predicted molar refractivity (Wildman–Crippen MR) is 65.8 cm³/mol. The molecule has 1 N–H and O–H groups in total. The molecule has 0 radical (unpaired) electrons. The fourth-order valence-electron chi connectivity index (χ4n) is 2.42. The zero-order valence-electron chi connectivity index (χ0n) is 10.4. The van der Waals surface area contributed by atoms with Crippen LogP contribution in [-0.4, -0.2) is 11.1 Å². The van der Waals surface area contributed by atoms with Gasteiger partial charge in [-0.25, -0.2) is 4.79 Å². The van der Waals surface area contributed by atoms with Gasteiger partial charge in [0.15, 0.2) is 0 Å². The molecule has 0 heterocycles. The SMILES string of the molecule is CC(C)C(c1cccc(C(=O)O)c1)C(C)C. The van der Waals surface area contributed by atoms with E-state index in [1.54, 1.807) is 12.1 Å². The molecule has 0 aromatic heterocycles. The van der Waals surface area contributed by atoms with Crippen LogP contribution in [0, 0.1) is 11.8 Å². The smallest absolute Gasteiger partial charge is 0.335 e. The standard InChI is InChI=1S/C14H20O2/c1-9(2)13(10(3)4)11-6-5-7-12(8-11)14(15)16/h5-10,13H,1-4H3,(H,15,16). The second-order valence-corrected chi connectivity index (χ2v) is 4.94. The van der Waals surface area contributed by atoms with Gasteiger partial charge in [-0.15, -0.1) is 0 Å². The molecular formula is C14H20O2. The molecule has 0 aliphatic heterocycles. The van der Waals surface area contributed by atoms with Crippen molar-refractivity contribution in [3.8, 4) is 0 Å². The van der Waals surface area contributed by atoms with Crippen molar-refractivity contribution in [1.82, 2.24) is 0 Å². The van der Waals surface area contributed by atoms with Crippen LogP contribution in [-0.2, 0) is 0 Å². The van der Waals surface area contributed by atoms with Gasteiger partial charge in [-0.1, -0.05) is 39.8 Å². The van der Waals surface area contributed by atoms with Gasteiger partial charge in [-0.05, 0) is 35.4 Å². The van der Waals surface area contributed by atoms with E-state index in [9.17, 15) is 4.79 Å². The van der Waals surface area contributed by atoms with E-state index in [0.717, 1.165) is 5.56 Å². The zero-order chi connectivity index (χ0) is 12.3. The molecule has 0 atom stereocenters. The second kappa shape index (κ2) is 5.15. The quantitative estimate of drug-likeness (QED) is 0.838. The van der Waals surface area contributed by atoms with E-state index in [4.69, 9.17) is 5.11 Å². The normalized spacial score (nSPS) is 11.4. The molecule has 1 aromatic rings. The average Bonchev–Trinajstić information content (AvgIpc) is 2.16. The molecule has 0 fully saturated rings. The zero-order valence-corrected chi connectivity index (χ0v) is 10.4. The number of carboxylic acid groups (broad SMARTS) is 1. The van der Waals surface area contributed by atoms with Gasteiger partial charge in [0.05, 0.1) is 5.56 Å². The van der Waals surface area contributed by atoms with Gasteiger partial charge >= 0.3 is 5.97 Å². The Morgan fingerprint density at radius 3 is 2.12 bits per heavy atom. The topological polar surface area (TPSA) is 37.3 Å². The summed E-state index contributed by atoms with van der Waals surface area (Å²) in [6.45, 7) is 8.71. The van der Waals surface area contributed by atoms with Crippen LogP contribution >= 0.6 is 0 Å². The lowest BCUT2D eigenvalue weighted by molar-refractivity contribution is 0.0696. The molecule has 1 rings (SSSR count). The molecule has 2 heteroatoms. The first-order valence-corrected chi connectivity index (χ1v) is 5.76. The van der Waals surface area contributed by atoms with Crippen molar-refractivity contribution in [1.29, 1.82) is 0 Å². The van der Waals surface area contributed by atoms with Crippen molar-refractivity contribution in [2.75, 3.05) is 0 Å². The van der Waals surface area contributed by atoms with E-state index in [1.807, 2.05) is 12.1 Å². The minimum Gasteiger partial charge on any atom is -0.478 e. The van der Waals surface area contributed by atoms with Crippen molar-refractivity contribution < 1.29 is 9.90 Å². The molecule has 0 saturated heterocycles. The van der Waals surface area contributed by atoms with Gasteiger partial charge in [-0.3, -0.25) is 0 Å². The van der Waals surface area contributed by atoms with Crippen LogP contribution in [0.2, 0.25) is 0 Å². The Morgan fingerprint density at radius 1 is 1.12 bits per heavy atom. The van der Waals surface area contributed by atoms with E-state index in [-0.39, 0.29) is 0 Å². The number of aromatic carboxylic acids is 1. The van der Waals surface area contributed by atoms with Gasteiger partial charge in [0, 0.05) is 0 Å². The first kappa shape index (κ1) is 12.8. The molecule has 88 valence electrons. The Kier molecular flexibility index (Phi) is 4.11. The van der Waals surface area contributed by atoms with Crippen molar-refractivity contribution in [2.24, 2.45) is 11.8 Å². The fourth-order valence-corrected chi connectivity index (χ4v) is 2.42. The lowest BCUT2D eigenvalue weighted by Gasteiger charge is -2.25. The Morgan fingerprint density at radius 2 is 1.69 bits per heavy atom. The van der Waals surface area contributed by atoms with Crippen LogP contribution in [0.15, 0.2) is 24.3 Å².